The van der Waals surface area contributed by atoms with Crippen molar-refractivity contribution in [1.82, 2.24) is 4.98 Å². The van der Waals surface area contributed by atoms with Gasteiger partial charge in [-0.15, -0.1) is 0 Å². The molecule has 0 aliphatic rings. The zero-order valence-electron chi connectivity index (χ0n) is 5.95. The summed E-state index contributed by atoms with van der Waals surface area (Å²) in [5.41, 5.74) is 0.288. The van der Waals surface area contributed by atoms with Crippen LogP contribution >= 0.6 is 15.9 Å². The largest absolute Gasteiger partial charge is 0.446 e. The third kappa shape index (κ3) is 1.14. The van der Waals surface area contributed by atoms with Crippen molar-refractivity contribution < 1.29 is 4.42 Å². The van der Waals surface area contributed by atoms with Crippen molar-refractivity contribution in [3.05, 3.63) is 39.3 Å². The highest BCUT2D eigenvalue weighted by atomic mass is 79.9. The van der Waals surface area contributed by atoms with Gasteiger partial charge in [-0.05, 0) is 22.0 Å². The molecule has 0 aromatic carbocycles. The highest BCUT2D eigenvalue weighted by molar-refractivity contribution is 9.10. The van der Waals surface area contributed by atoms with Crippen LogP contribution in [0.3, 0.4) is 0 Å². The second-order valence-corrected chi connectivity index (χ2v) is 3.21. The van der Waals surface area contributed by atoms with Crippen LogP contribution in [0.25, 0.3) is 11.1 Å². The van der Waals surface area contributed by atoms with Gasteiger partial charge in [0.05, 0.1) is 11.6 Å². The number of halogens is 1. The standard InChI is InChI=1S/C8H4BrNO2/c9-5-3-6-7(11)1-2-12-8(6)10-4-5/h1-4H. The van der Waals surface area contributed by atoms with Gasteiger partial charge in [-0.3, -0.25) is 4.79 Å². The first kappa shape index (κ1) is 7.49. The molecule has 3 nitrogen and oxygen atoms in total. The molecule has 0 unspecified atom stereocenters. The number of pyridine rings is 1. The summed E-state index contributed by atoms with van der Waals surface area (Å²) in [5.74, 6) is 0. The fraction of sp³-hybridized carbons (Fsp3) is 0. The van der Waals surface area contributed by atoms with Gasteiger partial charge in [0.1, 0.15) is 0 Å². The lowest BCUT2D eigenvalue weighted by Gasteiger charge is -1.93. The topological polar surface area (TPSA) is 43.1 Å². The van der Waals surface area contributed by atoms with E-state index in [9.17, 15) is 4.79 Å². The van der Waals surface area contributed by atoms with Crippen LogP contribution in [-0.2, 0) is 0 Å². The summed E-state index contributed by atoms with van der Waals surface area (Å²) >= 11 is 3.22. The molecule has 0 bridgehead atoms. The number of hydrogen-bond donors (Lipinski definition) is 0. The van der Waals surface area contributed by atoms with Crippen molar-refractivity contribution in [2.24, 2.45) is 0 Å². The van der Waals surface area contributed by atoms with E-state index >= 15 is 0 Å². The maximum atomic E-state index is 11.2. The fourth-order valence-corrected chi connectivity index (χ4v) is 1.28. The van der Waals surface area contributed by atoms with E-state index in [-0.39, 0.29) is 5.43 Å². The highest BCUT2D eigenvalue weighted by Gasteiger charge is 2.00. The van der Waals surface area contributed by atoms with Crippen LogP contribution in [-0.4, -0.2) is 4.98 Å². The normalized spacial score (nSPS) is 10.4. The molecule has 0 atom stereocenters. The zero-order valence-corrected chi connectivity index (χ0v) is 7.54. The number of aromatic nitrogens is 1. The van der Waals surface area contributed by atoms with Gasteiger partial charge in [0.25, 0.3) is 0 Å². The Kier molecular flexibility index (Phi) is 1.69. The monoisotopic (exact) mass is 225 g/mol. The molecular weight excluding hydrogens is 222 g/mol. The molecule has 0 radical (unpaired) electrons. The first-order chi connectivity index (χ1) is 5.77. The van der Waals surface area contributed by atoms with E-state index in [1.807, 2.05) is 0 Å². The fourth-order valence-electron chi connectivity index (χ4n) is 0.947. The van der Waals surface area contributed by atoms with Crippen molar-refractivity contribution in [2.75, 3.05) is 0 Å². The zero-order chi connectivity index (χ0) is 8.55. The minimum Gasteiger partial charge on any atom is -0.446 e. The minimum absolute atomic E-state index is 0.0787. The lowest BCUT2D eigenvalue weighted by Crippen LogP contribution is -1.98. The highest BCUT2D eigenvalue weighted by Crippen LogP contribution is 2.13. The molecule has 2 aromatic heterocycles. The van der Waals surface area contributed by atoms with Gasteiger partial charge in [-0.25, -0.2) is 4.98 Å². The Balaban J connectivity index is 2.98. The Bertz CT molecular complexity index is 478. The molecule has 2 heterocycles. The van der Waals surface area contributed by atoms with Gasteiger partial charge in [0, 0.05) is 16.7 Å². The third-order valence-corrected chi connectivity index (χ3v) is 1.92. The van der Waals surface area contributed by atoms with Crippen molar-refractivity contribution in [1.29, 1.82) is 0 Å². The van der Waals surface area contributed by atoms with E-state index < -0.39 is 0 Å². The molecule has 2 rings (SSSR count). The van der Waals surface area contributed by atoms with E-state index in [1.165, 1.54) is 12.3 Å². The number of hydrogen-bond acceptors (Lipinski definition) is 3. The summed E-state index contributed by atoms with van der Waals surface area (Å²) in [4.78, 5) is 15.1. The van der Waals surface area contributed by atoms with E-state index in [1.54, 1.807) is 12.3 Å². The van der Waals surface area contributed by atoms with Crippen LogP contribution in [0.2, 0.25) is 0 Å². The molecular formula is C8H4BrNO2. The first-order valence-electron chi connectivity index (χ1n) is 3.30. The second-order valence-electron chi connectivity index (χ2n) is 2.29. The maximum Gasteiger partial charge on any atom is 0.229 e. The molecule has 0 N–H and O–H groups in total. The Morgan fingerprint density at radius 3 is 3.17 bits per heavy atom. The first-order valence-corrected chi connectivity index (χ1v) is 4.10. The summed E-state index contributed by atoms with van der Waals surface area (Å²) in [6.07, 6.45) is 2.93. The molecule has 0 saturated carbocycles. The molecule has 2 aromatic rings. The van der Waals surface area contributed by atoms with Crippen molar-refractivity contribution in [2.45, 2.75) is 0 Å². The van der Waals surface area contributed by atoms with Crippen LogP contribution in [0.15, 0.2) is 38.3 Å². The van der Waals surface area contributed by atoms with E-state index in [4.69, 9.17) is 4.42 Å². The van der Waals surface area contributed by atoms with Crippen LogP contribution < -0.4 is 5.43 Å². The summed E-state index contributed by atoms with van der Waals surface area (Å²) in [6.45, 7) is 0. The van der Waals surface area contributed by atoms with Crippen molar-refractivity contribution in [3.8, 4) is 0 Å². The Hall–Kier alpha value is -1.16. The van der Waals surface area contributed by atoms with Gasteiger partial charge < -0.3 is 4.42 Å². The molecule has 0 amide bonds. The second kappa shape index (κ2) is 2.71. The van der Waals surface area contributed by atoms with Crippen molar-refractivity contribution >= 4 is 27.0 Å². The molecule has 0 saturated heterocycles. The van der Waals surface area contributed by atoms with Crippen molar-refractivity contribution in [3.63, 3.8) is 0 Å². The summed E-state index contributed by atoms with van der Waals surface area (Å²) < 4.78 is 5.79. The van der Waals surface area contributed by atoms with Crippen LogP contribution in [0.1, 0.15) is 0 Å². The lowest BCUT2D eigenvalue weighted by molar-refractivity contribution is 0.589. The van der Waals surface area contributed by atoms with E-state index in [0.29, 0.717) is 11.1 Å². The van der Waals surface area contributed by atoms with Crippen LogP contribution in [0.5, 0.6) is 0 Å². The van der Waals surface area contributed by atoms with Gasteiger partial charge >= 0.3 is 0 Å². The smallest absolute Gasteiger partial charge is 0.229 e. The van der Waals surface area contributed by atoms with E-state index in [2.05, 4.69) is 20.9 Å². The Morgan fingerprint density at radius 2 is 2.33 bits per heavy atom. The number of nitrogens with zero attached hydrogens (tertiary/aromatic N) is 1. The molecule has 12 heavy (non-hydrogen) atoms. The van der Waals surface area contributed by atoms with Gasteiger partial charge in [0.15, 0.2) is 5.43 Å². The predicted octanol–water partition coefficient (Wildman–Crippen LogP) is 1.95. The van der Waals surface area contributed by atoms with Crippen LogP contribution in [0, 0.1) is 0 Å². The summed E-state index contributed by atoms with van der Waals surface area (Å²) in [7, 11) is 0. The average Bonchev–Trinajstić information content (AvgIpc) is 2.07. The minimum atomic E-state index is -0.0787. The SMILES string of the molecule is O=c1ccoc2ncc(Br)cc12. The Labute approximate surface area is 76.2 Å². The molecule has 0 spiro atoms. The maximum absolute atomic E-state index is 11.2. The number of rotatable bonds is 0. The quantitative estimate of drug-likeness (QED) is 0.689. The molecule has 60 valence electrons. The number of fused-ring (bicyclic) bond motifs is 1. The average molecular weight is 226 g/mol. The molecule has 0 aliphatic carbocycles. The van der Waals surface area contributed by atoms with Gasteiger partial charge in [-0.2, -0.15) is 0 Å². The Morgan fingerprint density at radius 1 is 1.50 bits per heavy atom. The van der Waals surface area contributed by atoms with E-state index in [0.717, 1.165) is 4.47 Å². The van der Waals surface area contributed by atoms with Gasteiger partial charge in [0.2, 0.25) is 5.71 Å². The molecule has 0 fully saturated rings. The lowest BCUT2D eigenvalue weighted by atomic mass is 10.3. The van der Waals surface area contributed by atoms with Gasteiger partial charge in [-0.1, -0.05) is 0 Å². The van der Waals surface area contributed by atoms with Crippen LogP contribution in [0.4, 0.5) is 0 Å². The summed E-state index contributed by atoms with van der Waals surface area (Å²) in [5, 5.41) is 0.492. The summed E-state index contributed by atoms with van der Waals surface area (Å²) in [6, 6.07) is 3.06. The predicted molar refractivity (Wildman–Crippen MR) is 48.0 cm³/mol. The third-order valence-electron chi connectivity index (χ3n) is 1.48. The molecule has 4 heteroatoms. The molecule has 0 aliphatic heterocycles.